The number of aromatic nitrogens is 2. The molecule has 1 aliphatic heterocycles. The van der Waals surface area contributed by atoms with Crippen molar-refractivity contribution >= 4 is 50.0 Å². The Labute approximate surface area is 182 Å². The van der Waals surface area contributed by atoms with Crippen LogP contribution in [0.1, 0.15) is 16.9 Å². The number of halogens is 2. The molecule has 0 saturated carbocycles. The third-order valence-electron chi connectivity index (χ3n) is 4.94. The van der Waals surface area contributed by atoms with Crippen molar-refractivity contribution in [2.75, 3.05) is 23.1 Å². The molecule has 0 bridgehead atoms. The number of aliphatic hydroxyl groups is 1. The molecule has 3 aromatic rings. The Morgan fingerprint density at radius 2 is 2.00 bits per heavy atom. The Balaban J connectivity index is 1.58. The van der Waals surface area contributed by atoms with Gasteiger partial charge in [-0.25, -0.2) is 4.39 Å². The van der Waals surface area contributed by atoms with E-state index in [1.807, 2.05) is 0 Å². The lowest BCUT2D eigenvalue weighted by molar-refractivity contribution is 0.101. The van der Waals surface area contributed by atoms with E-state index in [0.29, 0.717) is 23.0 Å². The highest BCUT2D eigenvalue weighted by atomic mass is 35.5. The first-order valence-electron chi connectivity index (χ1n) is 9.33. The maximum atomic E-state index is 13.3. The molecule has 1 atom stereocenters. The van der Waals surface area contributed by atoms with Gasteiger partial charge in [0.1, 0.15) is 11.5 Å². The SMILES string of the molecule is Cn1nc2cc(NS(=O)(=O)N3CC[C@@H](O)C3)ccc2c1C(=O)Nc1ccc(F)c(Cl)c1. The number of hydrogen-bond donors (Lipinski definition) is 3. The number of aryl methyl sites for hydroxylation is 1. The second kappa shape index (κ2) is 8.08. The molecule has 1 aliphatic rings. The van der Waals surface area contributed by atoms with Crippen LogP contribution in [0.25, 0.3) is 10.9 Å². The largest absolute Gasteiger partial charge is 0.392 e. The quantitative estimate of drug-likeness (QED) is 0.532. The van der Waals surface area contributed by atoms with Crippen LogP contribution < -0.4 is 10.0 Å². The molecule has 164 valence electrons. The smallest absolute Gasteiger partial charge is 0.301 e. The van der Waals surface area contributed by atoms with Gasteiger partial charge in [0.25, 0.3) is 5.91 Å². The van der Waals surface area contributed by atoms with Crippen LogP contribution >= 0.6 is 11.6 Å². The van der Waals surface area contributed by atoms with Crippen molar-refractivity contribution in [2.45, 2.75) is 12.5 Å². The summed E-state index contributed by atoms with van der Waals surface area (Å²) in [5.41, 5.74) is 1.26. The number of hydrogen-bond acceptors (Lipinski definition) is 5. The predicted molar refractivity (Wildman–Crippen MR) is 115 cm³/mol. The van der Waals surface area contributed by atoms with E-state index in [-0.39, 0.29) is 29.5 Å². The van der Waals surface area contributed by atoms with E-state index in [1.54, 1.807) is 13.1 Å². The van der Waals surface area contributed by atoms with Crippen LogP contribution in [0, 0.1) is 5.82 Å². The standard InChI is InChI=1S/C19H19ClFN5O4S/c1-25-18(19(28)22-11-3-5-16(21)15(20)8-11)14-4-2-12(9-17(14)23-25)24-31(29,30)26-7-6-13(27)10-26/h2-5,8-9,13,24,27H,6-7,10H2,1H3,(H,22,28)/t13-/m1/s1. The summed E-state index contributed by atoms with van der Waals surface area (Å²) in [6.07, 6.45) is -0.287. The summed E-state index contributed by atoms with van der Waals surface area (Å²) in [7, 11) is -2.23. The van der Waals surface area contributed by atoms with E-state index in [0.717, 1.165) is 6.07 Å². The number of nitrogens with zero attached hydrogens (tertiary/aromatic N) is 3. The Hall–Kier alpha value is -2.73. The third-order valence-corrected chi connectivity index (χ3v) is 6.73. The van der Waals surface area contributed by atoms with Crippen LogP contribution in [0.15, 0.2) is 36.4 Å². The minimum atomic E-state index is -3.82. The molecule has 1 amide bonds. The van der Waals surface area contributed by atoms with E-state index in [1.165, 1.54) is 33.3 Å². The molecule has 2 aromatic carbocycles. The zero-order chi connectivity index (χ0) is 22.3. The van der Waals surface area contributed by atoms with Crippen molar-refractivity contribution in [3.63, 3.8) is 0 Å². The fourth-order valence-corrected chi connectivity index (χ4v) is 4.89. The molecule has 1 aromatic heterocycles. The monoisotopic (exact) mass is 467 g/mol. The van der Waals surface area contributed by atoms with Gasteiger partial charge in [-0.2, -0.15) is 17.8 Å². The molecule has 9 nitrogen and oxygen atoms in total. The highest BCUT2D eigenvalue weighted by Crippen LogP contribution is 2.25. The lowest BCUT2D eigenvalue weighted by Gasteiger charge is -2.17. The maximum Gasteiger partial charge on any atom is 0.301 e. The van der Waals surface area contributed by atoms with Crippen molar-refractivity contribution in [2.24, 2.45) is 7.05 Å². The molecule has 0 spiro atoms. The summed E-state index contributed by atoms with van der Waals surface area (Å²) in [5.74, 6) is -1.07. The Kier molecular flexibility index (Phi) is 5.60. The van der Waals surface area contributed by atoms with Crippen molar-refractivity contribution in [3.05, 3.63) is 52.9 Å². The molecule has 1 saturated heterocycles. The maximum absolute atomic E-state index is 13.3. The number of carbonyl (C=O) groups is 1. The first-order valence-corrected chi connectivity index (χ1v) is 11.1. The van der Waals surface area contributed by atoms with Crippen LogP contribution in [-0.4, -0.2) is 52.7 Å². The summed E-state index contributed by atoms with van der Waals surface area (Å²) >= 11 is 5.76. The van der Waals surface area contributed by atoms with E-state index >= 15 is 0 Å². The number of amides is 1. The fourth-order valence-electron chi connectivity index (χ4n) is 3.44. The number of fused-ring (bicyclic) bond motifs is 1. The van der Waals surface area contributed by atoms with Crippen molar-refractivity contribution < 1.29 is 22.7 Å². The van der Waals surface area contributed by atoms with Crippen LogP contribution in [0.4, 0.5) is 15.8 Å². The first-order chi connectivity index (χ1) is 14.6. The zero-order valence-corrected chi connectivity index (χ0v) is 17.9. The second-order valence-corrected chi connectivity index (χ2v) is 9.27. The minimum absolute atomic E-state index is 0.0406. The summed E-state index contributed by atoms with van der Waals surface area (Å²) < 4.78 is 43.3. The lowest BCUT2D eigenvalue weighted by Crippen LogP contribution is -2.34. The number of benzene rings is 2. The molecular weight excluding hydrogens is 449 g/mol. The van der Waals surface area contributed by atoms with Gasteiger partial charge in [-0.1, -0.05) is 11.6 Å². The third kappa shape index (κ3) is 4.35. The first kappa shape index (κ1) is 21.5. The average molecular weight is 468 g/mol. The van der Waals surface area contributed by atoms with Gasteiger partial charge in [0, 0.05) is 31.2 Å². The summed E-state index contributed by atoms with van der Waals surface area (Å²) in [6.45, 7) is 0.277. The van der Waals surface area contributed by atoms with Gasteiger partial charge in [0.15, 0.2) is 0 Å². The van der Waals surface area contributed by atoms with Crippen LogP contribution in [0.2, 0.25) is 5.02 Å². The molecule has 0 radical (unpaired) electrons. The van der Waals surface area contributed by atoms with Crippen LogP contribution in [0.3, 0.4) is 0 Å². The van der Waals surface area contributed by atoms with E-state index in [9.17, 15) is 22.7 Å². The van der Waals surface area contributed by atoms with Gasteiger partial charge in [-0.3, -0.25) is 14.2 Å². The van der Waals surface area contributed by atoms with Gasteiger partial charge in [0.2, 0.25) is 0 Å². The van der Waals surface area contributed by atoms with E-state index in [2.05, 4.69) is 15.1 Å². The summed E-state index contributed by atoms with van der Waals surface area (Å²) in [6, 6.07) is 8.47. The van der Waals surface area contributed by atoms with Gasteiger partial charge < -0.3 is 10.4 Å². The molecule has 0 unspecified atom stereocenters. The highest BCUT2D eigenvalue weighted by Gasteiger charge is 2.30. The Morgan fingerprint density at radius 1 is 1.26 bits per heavy atom. The molecule has 1 fully saturated rings. The highest BCUT2D eigenvalue weighted by molar-refractivity contribution is 7.90. The van der Waals surface area contributed by atoms with Crippen LogP contribution in [0.5, 0.6) is 0 Å². The topological polar surface area (TPSA) is 117 Å². The van der Waals surface area contributed by atoms with Gasteiger partial charge >= 0.3 is 10.2 Å². The van der Waals surface area contributed by atoms with Gasteiger partial charge in [0.05, 0.1) is 22.3 Å². The normalized spacial score (nSPS) is 17.2. The molecule has 2 heterocycles. The molecular formula is C19H19ClFN5O4S. The van der Waals surface area contributed by atoms with E-state index < -0.39 is 28.0 Å². The number of carbonyl (C=O) groups excluding carboxylic acids is 1. The van der Waals surface area contributed by atoms with Gasteiger partial charge in [-0.05, 0) is 42.8 Å². The summed E-state index contributed by atoms with van der Waals surface area (Å²) in [5, 5.41) is 16.9. The molecule has 31 heavy (non-hydrogen) atoms. The lowest BCUT2D eigenvalue weighted by atomic mass is 10.2. The van der Waals surface area contributed by atoms with Crippen LogP contribution in [-0.2, 0) is 17.3 Å². The van der Waals surface area contributed by atoms with E-state index in [4.69, 9.17) is 11.6 Å². The second-order valence-electron chi connectivity index (χ2n) is 7.19. The number of β-amino-alcohol motifs (C(OH)–C–C–N with tert-alkyl or cyclic N) is 1. The number of aliphatic hydroxyl groups excluding tert-OH is 1. The molecule has 0 aliphatic carbocycles. The average Bonchev–Trinajstić information content (AvgIpc) is 3.27. The number of rotatable bonds is 5. The van der Waals surface area contributed by atoms with Crippen molar-refractivity contribution in [1.29, 1.82) is 0 Å². The van der Waals surface area contributed by atoms with Crippen molar-refractivity contribution in [1.82, 2.24) is 14.1 Å². The predicted octanol–water partition coefficient (Wildman–Crippen LogP) is 2.34. The van der Waals surface area contributed by atoms with Crippen molar-refractivity contribution in [3.8, 4) is 0 Å². The van der Waals surface area contributed by atoms with Gasteiger partial charge in [-0.15, -0.1) is 0 Å². The molecule has 12 heteroatoms. The number of nitrogens with one attached hydrogen (secondary N) is 2. The molecule has 4 rings (SSSR count). The zero-order valence-electron chi connectivity index (χ0n) is 16.3. The molecule has 3 N–H and O–H groups in total. The Bertz CT molecular complexity index is 1280. The summed E-state index contributed by atoms with van der Waals surface area (Å²) in [4.78, 5) is 12.8. The number of anilines is 2. The minimum Gasteiger partial charge on any atom is -0.392 e. The fraction of sp³-hybridized carbons (Fsp3) is 0.263. The Morgan fingerprint density at radius 3 is 2.68 bits per heavy atom.